The first-order valence-corrected chi connectivity index (χ1v) is 8.38. The molecular formula is C16H11ClF3NaO4S. The van der Waals surface area contributed by atoms with Gasteiger partial charge in [0.15, 0.2) is 0 Å². The maximum atomic E-state index is 12.6. The number of carboxylic acids is 1. The Kier molecular flexibility index (Phi) is 8.16. The second kappa shape index (κ2) is 9.23. The van der Waals surface area contributed by atoms with Crippen molar-refractivity contribution in [1.29, 1.82) is 0 Å². The molecule has 0 aliphatic rings. The van der Waals surface area contributed by atoms with Crippen molar-refractivity contribution in [2.45, 2.75) is 29.0 Å². The van der Waals surface area contributed by atoms with E-state index in [-0.39, 0.29) is 50.1 Å². The van der Waals surface area contributed by atoms with Gasteiger partial charge >= 0.3 is 35.7 Å². The van der Waals surface area contributed by atoms with E-state index in [1.807, 2.05) is 0 Å². The van der Waals surface area contributed by atoms with Gasteiger partial charge in [0, 0.05) is 4.90 Å². The molecule has 0 aromatic heterocycles. The maximum Gasteiger partial charge on any atom is 1.00 e. The van der Waals surface area contributed by atoms with Crippen LogP contribution in [0.15, 0.2) is 52.3 Å². The van der Waals surface area contributed by atoms with E-state index in [0.29, 0.717) is 6.07 Å². The van der Waals surface area contributed by atoms with Crippen molar-refractivity contribution in [3.63, 3.8) is 0 Å². The number of carbonyl (C=O) groups excluding carboxylic acids is 1. The zero-order valence-corrected chi connectivity index (χ0v) is 17.2. The van der Waals surface area contributed by atoms with Crippen molar-refractivity contribution in [3.8, 4) is 5.75 Å². The SMILES string of the molecule is CC(Oc1ccc(S(=O)c2ccc(C(F)(F)F)cc2Cl)cc1)C(=O)[O-].[Na+]. The topological polar surface area (TPSA) is 66.4 Å². The molecule has 0 amide bonds. The van der Waals surface area contributed by atoms with Gasteiger partial charge in [-0.25, -0.2) is 4.21 Å². The monoisotopic (exact) mass is 414 g/mol. The molecule has 0 N–H and O–H groups in total. The summed E-state index contributed by atoms with van der Waals surface area (Å²) in [6.45, 7) is 1.30. The number of carbonyl (C=O) groups is 1. The average Bonchev–Trinajstić information content (AvgIpc) is 2.54. The predicted molar refractivity (Wildman–Crippen MR) is 82.7 cm³/mol. The molecule has 134 valence electrons. The van der Waals surface area contributed by atoms with Crippen molar-refractivity contribution in [2.24, 2.45) is 0 Å². The molecule has 0 saturated carbocycles. The van der Waals surface area contributed by atoms with Crippen molar-refractivity contribution < 1.29 is 61.6 Å². The minimum Gasteiger partial charge on any atom is -0.546 e. The first-order valence-electron chi connectivity index (χ1n) is 6.85. The number of ether oxygens (including phenoxy) is 1. The smallest absolute Gasteiger partial charge is 0.546 e. The molecule has 0 aliphatic heterocycles. The molecule has 0 fully saturated rings. The quantitative estimate of drug-likeness (QED) is 0.648. The molecule has 4 nitrogen and oxygen atoms in total. The van der Waals surface area contributed by atoms with Crippen LogP contribution in [0.5, 0.6) is 5.75 Å². The molecule has 0 bridgehead atoms. The second-order valence-electron chi connectivity index (χ2n) is 4.96. The van der Waals surface area contributed by atoms with Crippen LogP contribution in [0.4, 0.5) is 13.2 Å². The van der Waals surface area contributed by atoms with E-state index < -0.39 is 34.6 Å². The van der Waals surface area contributed by atoms with Crippen molar-refractivity contribution in [2.75, 3.05) is 0 Å². The number of hydrogen-bond acceptors (Lipinski definition) is 4. The van der Waals surface area contributed by atoms with E-state index >= 15 is 0 Å². The Morgan fingerprint density at radius 3 is 2.23 bits per heavy atom. The summed E-state index contributed by atoms with van der Waals surface area (Å²) >= 11 is 5.83. The van der Waals surface area contributed by atoms with E-state index in [4.69, 9.17) is 16.3 Å². The van der Waals surface area contributed by atoms with Crippen LogP contribution in [0.25, 0.3) is 0 Å². The van der Waals surface area contributed by atoms with E-state index in [1.54, 1.807) is 0 Å². The normalized spacial score (nSPS) is 13.4. The second-order valence-corrected chi connectivity index (χ2v) is 6.82. The number of aliphatic carboxylic acids is 1. The standard InChI is InChI=1S/C16H12ClF3O4S.Na/c1-9(15(21)22)24-11-3-5-12(6-4-11)25(23)14-7-2-10(8-13(14)17)16(18,19)20;/h2-9H,1H3,(H,21,22);/q;+1/p-1. The van der Waals surface area contributed by atoms with Crippen LogP contribution in [0, 0.1) is 0 Å². The molecule has 2 aromatic carbocycles. The molecule has 2 aromatic rings. The number of rotatable bonds is 5. The summed E-state index contributed by atoms with van der Waals surface area (Å²) in [5, 5.41) is 10.4. The molecule has 2 unspecified atom stereocenters. The Morgan fingerprint density at radius 2 is 1.77 bits per heavy atom. The zero-order chi connectivity index (χ0) is 18.8. The van der Waals surface area contributed by atoms with Crippen LogP contribution in [-0.4, -0.2) is 16.3 Å². The largest absolute Gasteiger partial charge is 1.00 e. The number of carboxylic acid groups (broad SMARTS) is 1. The summed E-state index contributed by atoms with van der Waals surface area (Å²) in [6.07, 6.45) is -5.71. The van der Waals surface area contributed by atoms with Gasteiger partial charge in [0.2, 0.25) is 0 Å². The molecule has 0 heterocycles. The number of benzene rings is 2. The van der Waals surface area contributed by atoms with Crippen molar-refractivity contribution >= 4 is 28.4 Å². The van der Waals surface area contributed by atoms with Crippen LogP contribution in [0.2, 0.25) is 5.02 Å². The van der Waals surface area contributed by atoms with E-state index in [1.165, 1.54) is 31.2 Å². The minimum absolute atomic E-state index is 0. The first kappa shape index (κ1) is 23.0. The van der Waals surface area contributed by atoms with Gasteiger partial charge in [0.05, 0.1) is 32.3 Å². The summed E-state index contributed by atoms with van der Waals surface area (Å²) in [6, 6.07) is 8.17. The summed E-state index contributed by atoms with van der Waals surface area (Å²) in [7, 11) is -1.81. The Hall–Kier alpha value is -1.06. The fourth-order valence-electron chi connectivity index (χ4n) is 1.85. The molecule has 0 aliphatic carbocycles. The molecule has 0 radical (unpaired) electrons. The van der Waals surface area contributed by atoms with Crippen LogP contribution >= 0.6 is 11.6 Å². The molecule has 0 spiro atoms. The number of alkyl halides is 3. The fourth-order valence-corrected chi connectivity index (χ4v) is 3.30. The van der Waals surface area contributed by atoms with E-state index in [0.717, 1.165) is 12.1 Å². The molecular weight excluding hydrogens is 404 g/mol. The molecule has 26 heavy (non-hydrogen) atoms. The minimum atomic E-state index is -4.54. The predicted octanol–water partition coefficient (Wildman–Crippen LogP) is 0.0467. The number of hydrogen-bond donors (Lipinski definition) is 0. The summed E-state index contributed by atoms with van der Waals surface area (Å²) in [5.41, 5.74) is -0.932. The Balaban J connectivity index is 0.00000338. The third-order valence-electron chi connectivity index (χ3n) is 3.14. The Labute approximate surface area is 177 Å². The maximum absolute atomic E-state index is 12.6. The average molecular weight is 415 g/mol. The van der Waals surface area contributed by atoms with Crippen LogP contribution in [0.1, 0.15) is 12.5 Å². The van der Waals surface area contributed by atoms with Gasteiger partial charge in [-0.1, -0.05) is 11.6 Å². The third kappa shape index (κ3) is 5.72. The third-order valence-corrected chi connectivity index (χ3v) is 5.02. The molecule has 10 heteroatoms. The molecule has 2 rings (SSSR count). The summed E-state index contributed by atoms with van der Waals surface area (Å²) in [4.78, 5) is 10.9. The van der Waals surface area contributed by atoms with Crippen LogP contribution in [-0.2, 0) is 21.8 Å². The summed E-state index contributed by atoms with van der Waals surface area (Å²) < 4.78 is 55.5. The van der Waals surface area contributed by atoms with E-state index in [9.17, 15) is 27.3 Å². The van der Waals surface area contributed by atoms with Gasteiger partial charge in [-0.2, -0.15) is 13.2 Å². The zero-order valence-electron chi connectivity index (χ0n) is 13.7. The van der Waals surface area contributed by atoms with Crippen LogP contribution in [0.3, 0.4) is 0 Å². The number of halogens is 4. The van der Waals surface area contributed by atoms with Gasteiger partial charge in [0.25, 0.3) is 0 Å². The first-order chi connectivity index (χ1) is 11.6. The van der Waals surface area contributed by atoms with Gasteiger partial charge in [-0.05, 0) is 49.4 Å². The molecule has 0 saturated heterocycles. The molecule has 2 atom stereocenters. The van der Waals surface area contributed by atoms with Crippen molar-refractivity contribution in [3.05, 3.63) is 53.1 Å². The summed E-state index contributed by atoms with van der Waals surface area (Å²) in [5.74, 6) is -1.17. The van der Waals surface area contributed by atoms with Crippen LogP contribution < -0.4 is 39.4 Å². The van der Waals surface area contributed by atoms with Crippen molar-refractivity contribution in [1.82, 2.24) is 0 Å². The van der Waals surface area contributed by atoms with Gasteiger partial charge in [0.1, 0.15) is 11.9 Å². The van der Waals surface area contributed by atoms with E-state index in [2.05, 4.69) is 0 Å². The van der Waals surface area contributed by atoms with Gasteiger partial charge in [-0.3, -0.25) is 0 Å². The fraction of sp³-hybridized carbons (Fsp3) is 0.188. The van der Waals surface area contributed by atoms with Gasteiger partial charge < -0.3 is 14.6 Å². The Bertz CT molecular complexity index is 812. The Morgan fingerprint density at radius 1 is 1.19 bits per heavy atom. The van der Waals surface area contributed by atoms with Gasteiger partial charge in [-0.15, -0.1) is 0 Å².